The number of hydrogen-bond acceptors (Lipinski definition) is 4. The zero-order valence-electron chi connectivity index (χ0n) is 12.1. The molecule has 2 aromatic heterocycles. The molecule has 0 radical (unpaired) electrons. The molecule has 0 unspecified atom stereocenters. The molecule has 0 aliphatic rings. The van der Waals surface area contributed by atoms with Gasteiger partial charge in [0.2, 0.25) is 0 Å². The summed E-state index contributed by atoms with van der Waals surface area (Å²) in [4.78, 5) is 8.58. The highest BCUT2D eigenvalue weighted by molar-refractivity contribution is 7.09. The van der Waals surface area contributed by atoms with Gasteiger partial charge < -0.3 is 5.11 Å². The van der Waals surface area contributed by atoms with Gasteiger partial charge in [0, 0.05) is 28.9 Å². The summed E-state index contributed by atoms with van der Waals surface area (Å²) in [5.74, 6) is 6.15. The number of aliphatic hydroxyl groups is 1. The third kappa shape index (κ3) is 3.40. The zero-order chi connectivity index (χ0) is 15.4. The predicted octanol–water partition coefficient (Wildman–Crippen LogP) is 3.41. The SMILES string of the molecule is Cc1nc(C#Cc2cncc(-c3ccc(CO)cc3)c2)cs1. The van der Waals surface area contributed by atoms with E-state index in [0.717, 1.165) is 33.0 Å². The van der Waals surface area contributed by atoms with Crippen LogP contribution in [0.3, 0.4) is 0 Å². The molecule has 0 saturated carbocycles. The summed E-state index contributed by atoms with van der Waals surface area (Å²) < 4.78 is 0. The van der Waals surface area contributed by atoms with Crippen LogP contribution in [0.1, 0.15) is 21.8 Å². The predicted molar refractivity (Wildman–Crippen MR) is 88.4 cm³/mol. The summed E-state index contributed by atoms with van der Waals surface area (Å²) in [6, 6.07) is 9.78. The quantitative estimate of drug-likeness (QED) is 0.738. The maximum atomic E-state index is 9.09. The van der Waals surface area contributed by atoms with Gasteiger partial charge >= 0.3 is 0 Å². The lowest BCUT2D eigenvalue weighted by atomic mass is 10.0. The number of aliphatic hydroxyl groups excluding tert-OH is 1. The summed E-state index contributed by atoms with van der Waals surface area (Å²) in [5, 5.41) is 12.1. The van der Waals surface area contributed by atoms with Crippen molar-refractivity contribution in [3.05, 3.63) is 69.9 Å². The Labute approximate surface area is 133 Å². The van der Waals surface area contributed by atoms with E-state index in [-0.39, 0.29) is 6.61 Å². The molecule has 108 valence electrons. The maximum Gasteiger partial charge on any atom is 0.124 e. The van der Waals surface area contributed by atoms with Crippen LogP contribution in [-0.4, -0.2) is 15.1 Å². The molecule has 3 aromatic rings. The van der Waals surface area contributed by atoms with Crippen molar-refractivity contribution in [1.82, 2.24) is 9.97 Å². The van der Waals surface area contributed by atoms with E-state index < -0.39 is 0 Å². The molecular weight excluding hydrogens is 292 g/mol. The van der Waals surface area contributed by atoms with Crippen LogP contribution in [0, 0.1) is 18.8 Å². The first-order chi connectivity index (χ1) is 10.7. The van der Waals surface area contributed by atoms with Gasteiger partial charge in [-0.1, -0.05) is 30.2 Å². The summed E-state index contributed by atoms with van der Waals surface area (Å²) in [6.07, 6.45) is 3.56. The Hall–Kier alpha value is -2.48. The molecule has 3 rings (SSSR count). The third-order valence-electron chi connectivity index (χ3n) is 3.16. The summed E-state index contributed by atoms with van der Waals surface area (Å²) in [7, 11) is 0. The van der Waals surface area contributed by atoms with Crippen LogP contribution in [0.15, 0.2) is 48.1 Å². The number of pyridine rings is 1. The van der Waals surface area contributed by atoms with E-state index in [2.05, 4.69) is 21.8 Å². The summed E-state index contributed by atoms with van der Waals surface area (Å²) >= 11 is 1.59. The van der Waals surface area contributed by atoms with Crippen LogP contribution in [0.2, 0.25) is 0 Å². The highest BCUT2D eigenvalue weighted by Crippen LogP contribution is 2.20. The average molecular weight is 306 g/mol. The van der Waals surface area contributed by atoms with E-state index >= 15 is 0 Å². The molecule has 0 amide bonds. The maximum absolute atomic E-state index is 9.09. The first kappa shape index (κ1) is 14.5. The smallest absolute Gasteiger partial charge is 0.124 e. The number of rotatable bonds is 2. The van der Waals surface area contributed by atoms with Crippen molar-refractivity contribution in [2.24, 2.45) is 0 Å². The molecule has 1 N–H and O–H groups in total. The fraction of sp³-hybridized carbons (Fsp3) is 0.111. The van der Waals surface area contributed by atoms with E-state index in [1.165, 1.54) is 0 Å². The lowest BCUT2D eigenvalue weighted by molar-refractivity contribution is 0.282. The monoisotopic (exact) mass is 306 g/mol. The minimum Gasteiger partial charge on any atom is -0.392 e. The lowest BCUT2D eigenvalue weighted by Crippen LogP contribution is -1.86. The van der Waals surface area contributed by atoms with E-state index in [4.69, 9.17) is 5.11 Å². The number of nitrogens with zero attached hydrogens (tertiary/aromatic N) is 2. The molecule has 3 nitrogen and oxygen atoms in total. The Kier molecular flexibility index (Phi) is 4.29. The Morgan fingerprint density at radius 3 is 2.59 bits per heavy atom. The number of thiazole rings is 1. The highest BCUT2D eigenvalue weighted by Gasteiger charge is 2.00. The molecule has 1 aromatic carbocycles. The van der Waals surface area contributed by atoms with Crippen LogP contribution in [-0.2, 0) is 6.61 Å². The minimum atomic E-state index is 0.0527. The molecular formula is C18H14N2OS. The van der Waals surface area contributed by atoms with Crippen molar-refractivity contribution >= 4 is 11.3 Å². The molecule has 0 bridgehead atoms. The molecule has 0 aliphatic heterocycles. The van der Waals surface area contributed by atoms with Crippen molar-refractivity contribution < 1.29 is 5.11 Å². The van der Waals surface area contributed by atoms with Crippen LogP contribution in [0.25, 0.3) is 11.1 Å². The van der Waals surface area contributed by atoms with Crippen molar-refractivity contribution in [3.8, 4) is 23.0 Å². The van der Waals surface area contributed by atoms with Crippen molar-refractivity contribution in [2.45, 2.75) is 13.5 Å². The van der Waals surface area contributed by atoms with Gasteiger partial charge in [-0.2, -0.15) is 0 Å². The summed E-state index contributed by atoms with van der Waals surface area (Å²) in [5.41, 5.74) is 4.60. The second-order valence-corrected chi connectivity index (χ2v) is 5.88. The van der Waals surface area contributed by atoms with Gasteiger partial charge in [-0.05, 0) is 30.0 Å². The largest absolute Gasteiger partial charge is 0.392 e. The molecule has 2 heterocycles. The van der Waals surface area contributed by atoms with Gasteiger partial charge in [-0.15, -0.1) is 11.3 Å². The Morgan fingerprint density at radius 2 is 1.91 bits per heavy atom. The molecule has 0 saturated heterocycles. The first-order valence-corrected chi connectivity index (χ1v) is 7.72. The van der Waals surface area contributed by atoms with Gasteiger partial charge in [0.25, 0.3) is 0 Å². The number of aromatic nitrogens is 2. The lowest BCUT2D eigenvalue weighted by Gasteiger charge is -2.03. The average Bonchev–Trinajstić information content (AvgIpc) is 2.99. The van der Waals surface area contributed by atoms with Crippen molar-refractivity contribution in [3.63, 3.8) is 0 Å². The number of hydrogen-bond donors (Lipinski definition) is 1. The molecule has 22 heavy (non-hydrogen) atoms. The van der Waals surface area contributed by atoms with Crippen LogP contribution in [0.4, 0.5) is 0 Å². The molecule has 0 atom stereocenters. The highest BCUT2D eigenvalue weighted by atomic mass is 32.1. The molecule has 0 fully saturated rings. The Balaban J connectivity index is 1.87. The van der Waals surface area contributed by atoms with Gasteiger partial charge in [-0.3, -0.25) is 4.98 Å². The van der Waals surface area contributed by atoms with E-state index in [9.17, 15) is 0 Å². The Morgan fingerprint density at radius 1 is 1.09 bits per heavy atom. The second-order valence-electron chi connectivity index (χ2n) is 4.82. The summed E-state index contributed by atoms with van der Waals surface area (Å²) in [6.45, 7) is 2.02. The van der Waals surface area contributed by atoms with Crippen molar-refractivity contribution in [1.29, 1.82) is 0 Å². The molecule has 0 spiro atoms. The van der Waals surface area contributed by atoms with Gasteiger partial charge in [-0.25, -0.2) is 4.98 Å². The number of aryl methyl sites for hydroxylation is 1. The van der Waals surface area contributed by atoms with E-state index in [1.807, 2.05) is 48.8 Å². The van der Waals surface area contributed by atoms with E-state index in [1.54, 1.807) is 17.5 Å². The van der Waals surface area contributed by atoms with Crippen LogP contribution in [0.5, 0.6) is 0 Å². The van der Waals surface area contributed by atoms with Gasteiger partial charge in [0.05, 0.1) is 11.6 Å². The topological polar surface area (TPSA) is 46.0 Å². The van der Waals surface area contributed by atoms with Crippen LogP contribution < -0.4 is 0 Å². The first-order valence-electron chi connectivity index (χ1n) is 6.84. The van der Waals surface area contributed by atoms with Gasteiger partial charge in [0.1, 0.15) is 5.69 Å². The standard InChI is InChI=1S/C18H14N2OS/c1-13-20-18(12-22-13)7-4-15-8-17(10-19-9-15)16-5-2-14(11-21)3-6-16/h2-3,5-6,8-10,12,21H,11H2,1H3. The van der Waals surface area contributed by atoms with Crippen LogP contribution >= 0.6 is 11.3 Å². The third-order valence-corrected chi connectivity index (χ3v) is 3.94. The van der Waals surface area contributed by atoms with Crippen molar-refractivity contribution in [2.75, 3.05) is 0 Å². The number of benzene rings is 1. The second kappa shape index (κ2) is 6.52. The fourth-order valence-corrected chi connectivity index (χ4v) is 2.57. The normalized spacial score (nSPS) is 10.1. The molecule has 4 heteroatoms. The zero-order valence-corrected chi connectivity index (χ0v) is 12.9. The molecule has 0 aliphatic carbocycles. The Bertz CT molecular complexity index is 841. The minimum absolute atomic E-state index is 0.0527. The van der Waals surface area contributed by atoms with Gasteiger partial charge in [0.15, 0.2) is 0 Å². The van der Waals surface area contributed by atoms with E-state index in [0.29, 0.717) is 0 Å². The fourth-order valence-electron chi connectivity index (χ4n) is 2.03.